The van der Waals surface area contributed by atoms with Crippen LogP contribution in [0.1, 0.15) is 75.1 Å². The van der Waals surface area contributed by atoms with Gasteiger partial charge < -0.3 is 4.74 Å². The molecule has 0 N–H and O–H groups in total. The maximum absolute atomic E-state index is 6.44. The summed E-state index contributed by atoms with van der Waals surface area (Å²) in [6, 6.07) is 39.0. The quantitative estimate of drug-likeness (QED) is 0.164. The molecule has 5 nitrogen and oxygen atoms in total. The van der Waals surface area contributed by atoms with Crippen LogP contribution in [0.4, 0.5) is 0 Å². The molecule has 0 atom stereocenters. The van der Waals surface area contributed by atoms with Crippen molar-refractivity contribution in [2.45, 2.75) is 57.8 Å². The molecule has 0 fully saturated rings. The van der Waals surface area contributed by atoms with E-state index in [9.17, 15) is 0 Å². The fraction of sp³-hybridized carbons (Fsp3) is 0.225. The summed E-state index contributed by atoms with van der Waals surface area (Å²) >= 11 is 0. The van der Waals surface area contributed by atoms with Crippen molar-refractivity contribution in [1.29, 1.82) is 0 Å². The second-order valence-corrected chi connectivity index (χ2v) is 13.8. The summed E-state index contributed by atoms with van der Waals surface area (Å²) in [6.45, 7) is 13.6. The third-order valence-corrected chi connectivity index (χ3v) is 8.73. The maximum atomic E-state index is 6.44. The molecule has 0 radical (unpaired) electrons. The third-order valence-electron chi connectivity index (χ3n) is 8.73. The molecule has 1 aliphatic rings. The van der Waals surface area contributed by atoms with Crippen LogP contribution in [-0.2, 0) is 37.3 Å². The molecule has 1 aliphatic carbocycles. The Morgan fingerprint density at radius 1 is 0.674 bits per heavy atom. The van der Waals surface area contributed by atoms with Gasteiger partial charge >= 0.3 is 21.1 Å². The summed E-state index contributed by atoms with van der Waals surface area (Å²) in [5.74, 6) is 1.17. The van der Waals surface area contributed by atoms with E-state index in [1.807, 2.05) is 42.6 Å². The van der Waals surface area contributed by atoms with Gasteiger partial charge in [-0.25, -0.2) is 4.68 Å². The van der Waals surface area contributed by atoms with E-state index in [1.54, 1.807) is 17.1 Å². The predicted molar refractivity (Wildman–Crippen MR) is 178 cm³/mol. The first-order chi connectivity index (χ1) is 21.5. The fourth-order valence-corrected chi connectivity index (χ4v) is 6.36. The van der Waals surface area contributed by atoms with E-state index in [0.717, 1.165) is 16.9 Å². The molecule has 46 heavy (non-hydrogen) atoms. The first-order valence-electron chi connectivity index (χ1n) is 15.4. The zero-order chi connectivity index (χ0) is 31.4. The molecule has 0 spiro atoms. The van der Waals surface area contributed by atoms with E-state index >= 15 is 0 Å². The van der Waals surface area contributed by atoms with Gasteiger partial charge in [-0.3, -0.25) is 4.98 Å². The number of hydrogen-bond donors (Lipinski definition) is 0. The standard InChI is InChI=1S/C40H36N4O.Pt/c1-38(2,3)27-16-18-33-34-19-17-28(39(4,5)6)25-36(34)40(35(33)24-27,37-15-7-8-20-41-37)29-11-9-13-31(23-29)45-32-14-10-12-30(26-32)44-22-21-42-43-44;/h7-22,24-25H,1-6H3;/q-2;+2. The average molecular weight is 784 g/mol. The normalized spacial score (nSPS) is 13.4. The topological polar surface area (TPSA) is 52.8 Å². The maximum Gasteiger partial charge on any atom is 2.00 e. The van der Waals surface area contributed by atoms with Crippen LogP contribution in [0.25, 0.3) is 16.8 Å². The van der Waals surface area contributed by atoms with Gasteiger partial charge in [-0.1, -0.05) is 89.2 Å². The first-order valence-corrected chi connectivity index (χ1v) is 15.4. The molecule has 7 rings (SSSR count). The summed E-state index contributed by atoms with van der Waals surface area (Å²) in [4.78, 5) is 5.06. The molecule has 6 aromatic rings. The Morgan fingerprint density at radius 3 is 1.87 bits per heavy atom. The Bertz CT molecular complexity index is 1940. The van der Waals surface area contributed by atoms with Crippen LogP contribution in [0.3, 0.4) is 0 Å². The largest absolute Gasteiger partial charge is 2.00 e. The van der Waals surface area contributed by atoms with Gasteiger partial charge in [0.2, 0.25) is 0 Å². The fourth-order valence-electron chi connectivity index (χ4n) is 6.36. The Kier molecular flexibility index (Phi) is 8.11. The minimum Gasteiger partial charge on any atom is -0.509 e. The molecule has 0 unspecified atom stereocenters. The number of fused-ring (bicyclic) bond motifs is 3. The smallest absolute Gasteiger partial charge is 0.509 e. The van der Waals surface area contributed by atoms with Crippen LogP contribution in [-0.4, -0.2) is 20.0 Å². The molecule has 6 heteroatoms. The van der Waals surface area contributed by atoms with Crippen molar-refractivity contribution in [3.05, 3.63) is 155 Å². The van der Waals surface area contributed by atoms with Crippen molar-refractivity contribution >= 4 is 0 Å². The Balaban J connectivity index is 0.00000372. The van der Waals surface area contributed by atoms with Gasteiger partial charge in [0.25, 0.3) is 0 Å². The predicted octanol–water partition coefficient (Wildman–Crippen LogP) is 9.01. The van der Waals surface area contributed by atoms with Gasteiger partial charge in [-0.05, 0) is 62.0 Å². The van der Waals surface area contributed by atoms with Crippen molar-refractivity contribution in [3.63, 3.8) is 0 Å². The van der Waals surface area contributed by atoms with Gasteiger partial charge in [0.05, 0.1) is 17.3 Å². The van der Waals surface area contributed by atoms with Crippen LogP contribution in [0.5, 0.6) is 11.5 Å². The molecule has 0 amide bonds. The number of pyridine rings is 1. The summed E-state index contributed by atoms with van der Waals surface area (Å²) in [5, 5.41) is 8.02. The van der Waals surface area contributed by atoms with Crippen molar-refractivity contribution in [2.75, 3.05) is 0 Å². The van der Waals surface area contributed by atoms with E-state index in [-0.39, 0.29) is 31.9 Å². The summed E-state index contributed by atoms with van der Waals surface area (Å²) in [6.07, 6.45) is 5.32. The van der Waals surface area contributed by atoms with Crippen LogP contribution in [0.2, 0.25) is 0 Å². The second kappa shape index (κ2) is 11.8. The molecule has 0 bridgehead atoms. The molecule has 0 saturated carbocycles. The average Bonchev–Trinajstić information content (AvgIpc) is 3.66. The van der Waals surface area contributed by atoms with Crippen LogP contribution in [0.15, 0.2) is 110 Å². The van der Waals surface area contributed by atoms with Crippen LogP contribution < -0.4 is 4.74 Å². The zero-order valence-corrected chi connectivity index (χ0v) is 29.2. The van der Waals surface area contributed by atoms with Gasteiger partial charge in [-0.15, -0.1) is 41.0 Å². The summed E-state index contributed by atoms with van der Waals surface area (Å²) in [5.41, 5.74) is 9.31. The number of benzene rings is 4. The number of ether oxygens (including phenoxy) is 1. The van der Waals surface area contributed by atoms with E-state index in [4.69, 9.17) is 9.72 Å². The Hall–Kier alpha value is -4.34. The zero-order valence-electron chi connectivity index (χ0n) is 26.9. The number of rotatable bonds is 5. The van der Waals surface area contributed by atoms with Crippen molar-refractivity contribution in [3.8, 4) is 28.3 Å². The molecular formula is C40H36N4OPt. The first kappa shape index (κ1) is 31.6. The monoisotopic (exact) mass is 783 g/mol. The number of hydrogen-bond acceptors (Lipinski definition) is 4. The van der Waals surface area contributed by atoms with Crippen LogP contribution in [0, 0.1) is 12.1 Å². The van der Waals surface area contributed by atoms with Gasteiger partial charge in [0, 0.05) is 23.9 Å². The number of nitrogens with zero attached hydrogens (tertiary/aromatic N) is 4. The van der Waals surface area contributed by atoms with Crippen molar-refractivity contribution in [2.24, 2.45) is 0 Å². The molecule has 2 heterocycles. The van der Waals surface area contributed by atoms with E-state index in [2.05, 4.69) is 119 Å². The summed E-state index contributed by atoms with van der Waals surface area (Å²) < 4.78 is 8.10. The van der Waals surface area contributed by atoms with E-state index < -0.39 is 5.41 Å². The molecular weight excluding hydrogens is 748 g/mol. The van der Waals surface area contributed by atoms with Crippen molar-refractivity contribution < 1.29 is 25.8 Å². The SMILES string of the molecule is CC(C)(C)c1ccc2c(c1)C(c1[c-]c(Oc3[c-]c(-n4ccnn4)ccc3)ccc1)(c1ccccn1)c1cc(C(C)(C)C)ccc1-2.[Pt+2]. The minimum absolute atomic E-state index is 0. The Labute approximate surface area is 286 Å². The molecule has 0 saturated heterocycles. The van der Waals surface area contributed by atoms with Gasteiger partial charge in [0.1, 0.15) is 0 Å². The number of aromatic nitrogens is 4. The van der Waals surface area contributed by atoms with Crippen molar-refractivity contribution in [1.82, 2.24) is 20.0 Å². The van der Waals surface area contributed by atoms with E-state index in [1.165, 1.54) is 33.4 Å². The third kappa shape index (κ3) is 5.41. The molecule has 232 valence electrons. The molecule has 0 aliphatic heterocycles. The van der Waals surface area contributed by atoms with E-state index in [0.29, 0.717) is 11.5 Å². The van der Waals surface area contributed by atoms with Crippen LogP contribution >= 0.6 is 0 Å². The summed E-state index contributed by atoms with van der Waals surface area (Å²) in [7, 11) is 0. The molecule has 2 aromatic heterocycles. The second-order valence-electron chi connectivity index (χ2n) is 13.8. The van der Waals surface area contributed by atoms with Gasteiger partial charge in [0.15, 0.2) is 0 Å². The Morgan fingerprint density at radius 2 is 1.30 bits per heavy atom. The minimum atomic E-state index is -0.708. The molecule has 4 aromatic carbocycles. The van der Waals surface area contributed by atoms with Gasteiger partial charge in [-0.2, -0.15) is 18.2 Å².